The van der Waals surface area contributed by atoms with E-state index in [-0.39, 0.29) is 11.5 Å². The second-order valence-corrected chi connectivity index (χ2v) is 7.30. The van der Waals surface area contributed by atoms with Gasteiger partial charge in [0.2, 0.25) is 0 Å². The van der Waals surface area contributed by atoms with Crippen molar-refractivity contribution in [2.24, 2.45) is 13.0 Å². The number of amides is 1. The maximum Gasteiger partial charge on any atom is 0.268 e. The van der Waals surface area contributed by atoms with E-state index < -0.39 is 0 Å². The van der Waals surface area contributed by atoms with E-state index in [2.05, 4.69) is 19.2 Å². The van der Waals surface area contributed by atoms with Gasteiger partial charge in [-0.15, -0.1) is 0 Å². The molecule has 0 radical (unpaired) electrons. The van der Waals surface area contributed by atoms with Crippen LogP contribution in [-0.4, -0.2) is 15.0 Å². The molecular formula is C20H22ClN3O2. The molecule has 1 aromatic carbocycles. The Kier molecular flexibility index (Phi) is 5.18. The highest BCUT2D eigenvalue weighted by molar-refractivity contribution is 6.30. The predicted molar refractivity (Wildman–Crippen MR) is 105 cm³/mol. The zero-order chi connectivity index (χ0) is 18.8. The first-order valence-electron chi connectivity index (χ1n) is 8.58. The Labute approximate surface area is 157 Å². The van der Waals surface area contributed by atoms with Crippen LogP contribution in [-0.2, 0) is 20.1 Å². The van der Waals surface area contributed by atoms with Gasteiger partial charge in [0.25, 0.3) is 11.5 Å². The van der Waals surface area contributed by atoms with Gasteiger partial charge in [0.1, 0.15) is 5.69 Å². The highest BCUT2D eigenvalue weighted by Gasteiger charge is 2.16. The van der Waals surface area contributed by atoms with Gasteiger partial charge in [0.15, 0.2) is 0 Å². The summed E-state index contributed by atoms with van der Waals surface area (Å²) >= 11 is 5.97. The minimum atomic E-state index is -0.224. The van der Waals surface area contributed by atoms with Crippen molar-refractivity contribution in [2.45, 2.75) is 26.9 Å². The van der Waals surface area contributed by atoms with E-state index in [1.807, 2.05) is 24.3 Å². The number of aryl methyl sites for hydroxylation is 1. The molecule has 5 nitrogen and oxygen atoms in total. The summed E-state index contributed by atoms with van der Waals surface area (Å²) in [6.45, 7) is 5.16. The van der Waals surface area contributed by atoms with Crippen LogP contribution >= 0.6 is 11.6 Å². The number of pyridine rings is 1. The average Bonchev–Trinajstić information content (AvgIpc) is 2.93. The number of hydrogen-bond acceptors (Lipinski definition) is 2. The second-order valence-electron chi connectivity index (χ2n) is 6.87. The summed E-state index contributed by atoms with van der Waals surface area (Å²) in [5, 5.41) is 4.07. The van der Waals surface area contributed by atoms with E-state index >= 15 is 0 Å². The third-order valence-corrected chi connectivity index (χ3v) is 4.56. The number of benzene rings is 1. The van der Waals surface area contributed by atoms with Crippen LogP contribution < -0.4 is 10.9 Å². The van der Waals surface area contributed by atoms with Crippen LogP contribution in [0.2, 0.25) is 5.02 Å². The van der Waals surface area contributed by atoms with E-state index in [0.717, 1.165) is 11.1 Å². The second kappa shape index (κ2) is 7.38. The monoisotopic (exact) mass is 371 g/mol. The maximum atomic E-state index is 12.7. The zero-order valence-corrected chi connectivity index (χ0v) is 15.9. The van der Waals surface area contributed by atoms with Crippen molar-refractivity contribution in [2.75, 3.05) is 0 Å². The zero-order valence-electron chi connectivity index (χ0n) is 15.1. The minimum absolute atomic E-state index is 0.0688. The normalized spacial score (nSPS) is 11.3. The third kappa shape index (κ3) is 3.68. The first-order chi connectivity index (χ1) is 12.4. The number of halogens is 1. The van der Waals surface area contributed by atoms with Crippen molar-refractivity contribution >= 4 is 28.4 Å². The number of hydrogen-bond donors (Lipinski definition) is 1. The molecule has 0 aliphatic carbocycles. The summed E-state index contributed by atoms with van der Waals surface area (Å²) in [6.07, 6.45) is 1.79. The molecule has 0 saturated heterocycles. The molecule has 26 heavy (non-hydrogen) atoms. The van der Waals surface area contributed by atoms with Crippen LogP contribution in [0.3, 0.4) is 0 Å². The number of rotatable bonds is 5. The Bertz CT molecular complexity index is 1020. The molecule has 0 fully saturated rings. The van der Waals surface area contributed by atoms with Crippen molar-refractivity contribution in [3.8, 4) is 0 Å². The molecule has 0 aliphatic rings. The fourth-order valence-electron chi connectivity index (χ4n) is 3.05. The first kappa shape index (κ1) is 18.3. The topological polar surface area (TPSA) is 56.0 Å². The summed E-state index contributed by atoms with van der Waals surface area (Å²) in [7, 11) is 1.79. The molecule has 6 heteroatoms. The summed E-state index contributed by atoms with van der Waals surface area (Å²) < 4.78 is 3.45. The summed E-state index contributed by atoms with van der Waals surface area (Å²) in [5.74, 6) is 0.146. The number of nitrogens with one attached hydrogen (secondary N) is 1. The van der Waals surface area contributed by atoms with Gasteiger partial charge >= 0.3 is 0 Å². The lowest BCUT2D eigenvalue weighted by Gasteiger charge is -2.09. The van der Waals surface area contributed by atoms with Gasteiger partial charge in [-0.05, 0) is 35.7 Å². The van der Waals surface area contributed by atoms with Crippen molar-refractivity contribution < 1.29 is 4.79 Å². The van der Waals surface area contributed by atoms with E-state index in [1.54, 1.807) is 34.5 Å². The SMILES string of the molecule is CC(C)Cn1ccc2c(cc(C(=O)NCc3cccc(Cl)c3)n2C)c1=O. The van der Waals surface area contributed by atoms with Crippen molar-refractivity contribution in [3.63, 3.8) is 0 Å². The molecule has 0 saturated carbocycles. The summed E-state index contributed by atoms with van der Waals surface area (Å²) in [4.78, 5) is 25.3. The van der Waals surface area contributed by atoms with Gasteiger partial charge in [-0.1, -0.05) is 37.6 Å². The summed E-state index contributed by atoms with van der Waals surface area (Å²) in [5.41, 5.74) is 2.06. The molecule has 3 aromatic rings. The Morgan fingerprint density at radius 1 is 1.23 bits per heavy atom. The summed E-state index contributed by atoms with van der Waals surface area (Å²) in [6, 6.07) is 10.9. The molecule has 3 rings (SSSR count). The Morgan fingerprint density at radius 2 is 2.00 bits per heavy atom. The van der Waals surface area contributed by atoms with Crippen LogP contribution in [0.1, 0.15) is 29.9 Å². The van der Waals surface area contributed by atoms with Crippen molar-refractivity contribution in [1.29, 1.82) is 0 Å². The van der Waals surface area contributed by atoms with E-state index in [4.69, 9.17) is 11.6 Å². The van der Waals surface area contributed by atoms with Crippen LogP contribution in [0.4, 0.5) is 0 Å². The molecule has 2 heterocycles. The Hall–Kier alpha value is -2.53. The lowest BCUT2D eigenvalue weighted by Crippen LogP contribution is -2.24. The predicted octanol–water partition coefficient (Wildman–Crippen LogP) is 3.58. The van der Waals surface area contributed by atoms with Crippen molar-refractivity contribution in [3.05, 3.63) is 69.2 Å². The van der Waals surface area contributed by atoms with Gasteiger partial charge in [-0.2, -0.15) is 0 Å². The highest BCUT2D eigenvalue weighted by Crippen LogP contribution is 2.16. The fraction of sp³-hybridized carbons (Fsp3) is 0.300. The first-order valence-corrected chi connectivity index (χ1v) is 8.96. The van der Waals surface area contributed by atoms with Gasteiger partial charge in [0, 0.05) is 31.4 Å². The van der Waals surface area contributed by atoms with E-state index in [9.17, 15) is 9.59 Å². The van der Waals surface area contributed by atoms with Crippen LogP contribution in [0.15, 0.2) is 47.4 Å². The van der Waals surface area contributed by atoms with Crippen molar-refractivity contribution in [1.82, 2.24) is 14.5 Å². The molecule has 0 spiro atoms. The molecular weight excluding hydrogens is 350 g/mol. The molecule has 0 aliphatic heterocycles. The Morgan fingerprint density at radius 3 is 2.69 bits per heavy atom. The number of nitrogens with zero attached hydrogens (tertiary/aromatic N) is 2. The maximum absolute atomic E-state index is 12.7. The molecule has 1 amide bonds. The number of carbonyl (C=O) groups is 1. The van der Waals surface area contributed by atoms with Gasteiger partial charge in [-0.3, -0.25) is 9.59 Å². The number of fused-ring (bicyclic) bond motifs is 1. The minimum Gasteiger partial charge on any atom is -0.347 e. The van der Waals surface area contributed by atoms with E-state index in [0.29, 0.717) is 35.1 Å². The van der Waals surface area contributed by atoms with Crippen LogP contribution in [0.25, 0.3) is 10.9 Å². The molecule has 0 bridgehead atoms. The molecule has 136 valence electrons. The van der Waals surface area contributed by atoms with Crippen LogP contribution in [0, 0.1) is 5.92 Å². The molecule has 1 N–H and O–H groups in total. The van der Waals surface area contributed by atoms with Crippen LogP contribution in [0.5, 0.6) is 0 Å². The smallest absolute Gasteiger partial charge is 0.268 e. The fourth-order valence-corrected chi connectivity index (χ4v) is 3.26. The quantitative estimate of drug-likeness (QED) is 0.745. The van der Waals surface area contributed by atoms with Gasteiger partial charge in [0.05, 0.1) is 10.9 Å². The lowest BCUT2D eigenvalue weighted by atomic mass is 10.2. The van der Waals surface area contributed by atoms with Gasteiger partial charge in [-0.25, -0.2) is 0 Å². The highest BCUT2D eigenvalue weighted by atomic mass is 35.5. The Balaban J connectivity index is 1.87. The largest absolute Gasteiger partial charge is 0.347 e. The average molecular weight is 372 g/mol. The number of carbonyl (C=O) groups excluding carboxylic acids is 1. The third-order valence-electron chi connectivity index (χ3n) is 4.32. The lowest BCUT2D eigenvalue weighted by molar-refractivity contribution is 0.0943. The molecule has 2 aromatic heterocycles. The standard InChI is InChI=1S/C20H22ClN3O2/c1-13(2)12-24-8-7-17-16(20(24)26)10-18(23(17)3)19(25)22-11-14-5-4-6-15(21)9-14/h4-10,13H,11-12H2,1-3H3,(H,22,25). The molecule has 0 unspecified atom stereocenters. The van der Waals surface area contributed by atoms with E-state index in [1.165, 1.54) is 0 Å². The molecule has 0 atom stereocenters. The number of aromatic nitrogens is 2. The van der Waals surface area contributed by atoms with Gasteiger partial charge < -0.3 is 14.5 Å².